The number of benzene rings is 1. The number of nitrogens with one attached hydrogen (secondary N) is 1. The number of alkyl halides is 2. The molecule has 0 radical (unpaired) electrons. The van der Waals surface area contributed by atoms with Crippen LogP contribution in [0.3, 0.4) is 0 Å². The van der Waals surface area contributed by atoms with E-state index < -0.39 is 22.3 Å². The molecule has 0 unspecified atom stereocenters. The van der Waals surface area contributed by atoms with Gasteiger partial charge in [-0.25, -0.2) is 27.2 Å². The molecule has 3 rings (SSSR count). The Morgan fingerprint density at radius 3 is 2.52 bits per heavy atom. The molecule has 2 heterocycles. The first-order valence-electron chi connectivity index (χ1n) is 7.70. The summed E-state index contributed by atoms with van der Waals surface area (Å²) in [7, 11) is -0.656. The van der Waals surface area contributed by atoms with E-state index >= 15 is 0 Å². The molecule has 0 aliphatic rings. The van der Waals surface area contributed by atoms with Gasteiger partial charge in [-0.2, -0.15) is 0 Å². The molecule has 0 amide bonds. The quantitative estimate of drug-likeness (QED) is 0.643. The molecule has 144 valence electrons. The molecule has 7 nitrogen and oxygen atoms in total. The lowest BCUT2D eigenvalue weighted by atomic mass is 10.2. The highest BCUT2D eigenvalue weighted by Gasteiger charge is 2.21. The summed E-state index contributed by atoms with van der Waals surface area (Å²) < 4.78 is 52.4. The Balaban J connectivity index is 2.15. The van der Waals surface area contributed by atoms with E-state index in [1.54, 1.807) is 24.3 Å². The van der Waals surface area contributed by atoms with E-state index in [2.05, 4.69) is 15.3 Å². The van der Waals surface area contributed by atoms with Crippen LogP contribution in [0.2, 0.25) is 5.15 Å². The Bertz CT molecular complexity index is 1120. The number of para-hydroxylation sites is 2. The summed E-state index contributed by atoms with van der Waals surface area (Å²) >= 11 is 6.04. The molecule has 1 N–H and O–H groups in total. The van der Waals surface area contributed by atoms with Gasteiger partial charge in [0.25, 0.3) is 6.43 Å². The van der Waals surface area contributed by atoms with E-state index in [9.17, 15) is 17.2 Å². The lowest BCUT2D eigenvalue weighted by Crippen LogP contribution is -2.25. The number of nitrogens with zero attached hydrogens (tertiary/aromatic N) is 4. The number of aryl methyl sites for hydroxylation is 1. The van der Waals surface area contributed by atoms with Crippen LogP contribution in [0.1, 0.15) is 12.2 Å². The van der Waals surface area contributed by atoms with E-state index in [-0.39, 0.29) is 16.3 Å². The molecule has 0 saturated heterocycles. The largest absolute Gasteiger partial charge is 0.352 e. The van der Waals surface area contributed by atoms with Gasteiger partial charge in [0.1, 0.15) is 10.7 Å². The van der Waals surface area contributed by atoms with Crippen LogP contribution in [-0.2, 0) is 17.1 Å². The second kappa shape index (κ2) is 6.93. The molecule has 3 aromatic rings. The second-order valence-electron chi connectivity index (χ2n) is 5.87. The molecule has 0 aliphatic carbocycles. The van der Waals surface area contributed by atoms with Gasteiger partial charge in [-0.05, 0) is 12.1 Å². The van der Waals surface area contributed by atoms with Crippen LogP contribution in [-0.4, -0.2) is 36.3 Å². The average molecular weight is 416 g/mol. The highest BCUT2D eigenvalue weighted by Crippen LogP contribution is 2.34. The van der Waals surface area contributed by atoms with Crippen molar-refractivity contribution in [1.82, 2.24) is 14.5 Å². The highest BCUT2D eigenvalue weighted by atomic mass is 35.5. The van der Waals surface area contributed by atoms with Crippen LogP contribution < -0.4 is 9.62 Å². The number of sulfonamides is 1. The summed E-state index contributed by atoms with van der Waals surface area (Å²) in [6.45, 7) is 0. The zero-order chi connectivity index (χ0) is 19.9. The molecule has 2 aromatic heterocycles. The number of hydrogen-bond donors (Lipinski definition) is 1. The fourth-order valence-corrected chi connectivity index (χ4v) is 3.31. The molecular formula is C16H16ClF2N5O2S. The Morgan fingerprint density at radius 2 is 1.89 bits per heavy atom. The third kappa shape index (κ3) is 3.67. The summed E-state index contributed by atoms with van der Waals surface area (Å²) in [5, 5.41) is 3.12. The van der Waals surface area contributed by atoms with Crippen molar-refractivity contribution in [2.24, 2.45) is 7.05 Å². The van der Waals surface area contributed by atoms with Crippen molar-refractivity contribution >= 4 is 49.9 Å². The van der Waals surface area contributed by atoms with E-state index in [4.69, 9.17) is 11.6 Å². The van der Waals surface area contributed by atoms with E-state index in [1.807, 2.05) is 0 Å². The van der Waals surface area contributed by atoms with Crippen molar-refractivity contribution in [2.75, 3.05) is 22.9 Å². The average Bonchev–Trinajstić information content (AvgIpc) is 2.91. The molecular weight excluding hydrogens is 400 g/mol. The maximum atomic E-state index is 13.2. The molecule has 0 spiro atoms. The normalized spacial score (nSPS) is 12.0. The van der Waals surface area contributed by atoms with Gasteiger partial charge >= 0.3 is 0 Å². The van der Waals surface area contributed by atoms with Crippen molar-refractivity contribution in [3.63, 3.8) is 0 Å². The molecule has 0 aliphatic heterocycles. The Labute approximate surface area is 159 Å². The lowest BCUT2D eigenvalue weighted by Gasteiger charge is -2.21. The van der Waals surface area contributed by atoms with Crippen LogP contribution in [0.15, 0.2) is 30.3 Å². The molecule has 11 heteroatoms. The van der Waals surface area contributed by atoms with Crippen LogP contribution >= 0.6 is 11.6 Å². The van der Waals surface area contributed by atoms with E-state index in [1.165, 1.54) is 24.7 Å². The van der Waals surface area contributed by atoms with Crippen LogP contribution in [0.25, 0.3) is 11.2 Å². The number of rotatable bonds is 5. The summed E-state index contributed by atoms with van der Waals surface area (Å²) in [4.78, 5) is 8.03. The smallest absolute Gasteiger partial charge is 0.295 e. The zero-order valence-electron chi connectivity index (χ0n) is 14.6. The summed E-state index contributed by atoms with van der Waals surface area (Å²) in [5.74, 6) is -0.440. The van der Waals surface area contributed by atoms with Gasteiger partial charge in [0.2, 0.25) is 10.0 Å². The lowest BCUT2D eigenvalue weighted by molar-refractivity contribution is 0.137. The molecule has 0 atom stereocenters. The maximum Gasteiger partial charge on any atom is 0.295 e. The third-order valence-electron chi connectivity index (χ3n) is 4.04. The molecule has 27 heavy (non-hydrogen) atoms. The first-order chi connectivity index (χ1) is 12.6. The number of halogens is 3. The van der Waals surface area contributed by atoms with Crippen molar-refractivity contribution in [1.29, 1.82) is 0 Å². The first-order valence-corrected chi connectivity index (χ1v) is 9.93. The van der Waals surface area contributed by atoms with Gasteiger partial charge in [-0.15, -0.1) is 0 Å². The fourth-order valence-electron chi connectivity index (χ4n) is 2.60. The Hall–Kier alpha value is -2.46. The van der Waals surface area contributed by atoms with E-state index in [0.717, 1.165) is 10.6 Å². The monoisotopic (exact) mass is 415 g/mol. The van der Waals surface area contributed by atoms with E-state index in [0.29, 0.717) is 17.1 Å². The predicted molar refractivity (Wildman–Crippen MR) is 101 cm³/mol. The Kier molecular flexibility index (Phi) is 4.96. The first kappa shape index (κ1) is 19.3. The molecule has 1 aromatic carbocycles. The Morgan fingerprint density at radius 1 is 1.22 bits per heavy atom. The molecule has 0 saturated carbocycles. The van der Waals surface area contributed by atoms with Gasteiger partial charge in [-0.1, -0.05) is 23.7 Å². The predicted octanol–water partition coefficient (Wildman–Crippen LogP) is 3.70. The maximum absolute atomic E-state index is 13.2. The number of fused-ring (bicyclic) bond motifs is 1. The minimum absolute atomic E-state index is 0.0859. The second-order valence-corrected chi connectivity index (χ2v) is 8.27. The van der Waals surface area contributed by atoms with Crippen molar-refractivity contribution < 1.29 is 17.2 Å². The number of aromatic nitrogens is 3. The number of pyridine rings is 1. The zero-order valence-corrected chi connectivity index (χ0v) is 16.2. The standard InChI is InChI=1S/C16H16ClF2N5O2S/c1-23-15-13(22-16(23)14(18)19)10(8-12(17)21-15)20-9-6-4-5-7-11(9)24(2)27(3,25)26/h4-8,14H,1-3H3,(H,20,21). The van der Waals surface area contributed by atoms with Crippen LogP contribution in [0.4, 0.5) is 25.8 Å². The number of hydrogen-bond acceptors (Lipinski definition) is 5. The van der Waals surface area contributed by atoms with Crippen molar-refractivity contribution in [2.45, 2.75) is 6.43 Å². The van der Waals surface area contributed by atoms with Crippen molar-refractivity contribution in [3.05, 3.63) is 41.3 Å². The number of imidazole rings is 1. The summed E-state index contributed by atoms with van der Waals surface area (Å²) in [6, 6.07) is 8.13. The van der Waals surface area contributed by atoms with Crippen molar-refractivity contribution in [3.8, 4) is 0 Å². The summed E-state index contributed by atoms with van der Waals surface area (Å²) in [5.41, 5.74) is 1.55. The van der Waals surface area contributed by atoms with Gasteiger partial charge in [-0.3, -0.25) is 4.31 Å². The van der Waals surface area contributed by atoms with Gasteiger partial charge in [0.15, 0.2) is 11.5 Å². The van der Waals surface area contributed by atoms with Crippen LogP contribution in [0, 0.1) is 0 Å². The van der Waals surface area contributed by atoms with Gasteiger partial charge in [0.05, 0.1) is 23.3 Å². The fraction of sp³-hybridized carbons (Fsp3) is 0.250. The SMILES string of the molecule is CN(c1ccccc1Nc1cc(Cl)nc2c1nc(C(F)F)n2C)S(C)(=O)=O. The third-order valence-corrected chi connectivity index (χ3v) is 5.42. The highest BCUT2D eigenvalue weighted by molar-refractivity contribution is 7.92. The minimum Gasteiger partial charge on any atom is -0.352 e. The summed E-state index contributed by atoms with van der Waals surface area (Å²) in [6.07, 6.45) is -1.70. The minimum atomic E-state index is -3.50. The molecule has 0 fully saturated rings. The topological polar surface area (TPSA) is 80.1 Å². The number of anilines is 3. The van der Waals surface area contributed by atoms with Crippen LogP contribution in [0.5, 0.6) is 0 Å². The van der Waals surface area contributed by atoms with Gasteiger partial charge in [0, 0.05) is 20.2 Å². The molecule has 0 bridgehead atoms. The van der Waals surface area contributed by atoms with Gasteiger partial charge < -0.3 is 9.88 Å².